The van der Waals surface area contributed by atoms with E-state index in [2.05, 4.69) is 5.32 Å². The lowest BCUT2D eigenvalue weighted by molar-refractivity contribution is -0.129. The van der Waals surface area contributed by atoms with Gasteiger partial charge in [-0.25, -0.2) is 5.48 Å². The minimum atomic E-state index is -3.98. The minimum absolute atomic E-state index is 0.0809. The van der Waals surface area contributed by atoms with Gasteiger partial charge in [-0.3, -0.25) is 14.8 Å². The fraction of sp³-hybridized carbons (Fsp3) is 0.417. The molecule has 3 N–H and O–H groups in total. The lowest BCUT2D eigenvalue weighted by Crippen LogP contribution is -2.50. The van der Waals surface area contributed by atoms with Crippen LogP contribution in [-0.4, -0.2) is 59.7 Å². The second-order valence-corrected chi connectivity index (χ2v) is 10.1. The first-order chi connectivity index (χ1) is 16.8. The summed E-state index contributed by atoms with van der Waals surface area (Å²) in [5.74, 6) is 0.224. The number of hydroxylamine groups is 1. The third-order valence-corrected chi connectivity index (χ3v) is 7.75. The van der Waals surface area contributed by atoms with Gasteiger partial charge in [0.15, 0.2) is 0 Å². The Labute approximate surface area is 206 Å². The summed E-state index contributed by atoms with van der Waals surface area (Å²) in [6.07, 6.45) is 2.16. The molecule has 0 bridgehead atoms. The van der Waals surface area contributed by atoms with E-state index in [1.165, 1.54) is 14.1 Å². The van der Waals surface area contributed by atoms with E-state index in [0.29, 0.717) is 36.4 Å². The zero-order valence-corrected chi connectivity index (χ0v) is 20.5. The summed E-state index contributed by atoms with van der Waals surface area (Å²) in [5.41, 5.74) is 2.05. The van der Waals surface area contributed by atoms with Crippen LogP contribution in [0.2, 0.25) is 0 Å². The van der Waals surface area contributed by atoms with Crippen molar-refractivity contribution in [3.8, 4) is 11.5 Å². The molecule has 1 aliphatic rings. The fourth-order valence-electron chi connectivity index (χ4n) is 3.84. The number of hydrogen-bond donors (Lipinski definition) is 3. The largest absolute Gasteiger partial charge is 0.457 e. The lowest BCUT2D eigenvalue weighted by Gasteiger charge is -2.30. The number of benzene rings is 2. The molecule has 190 valence electrons. The number of carbonyl (C=O) groups is 2. The van der Waals surface area contributed by atoms with Crippen LogP contribution >= 0.6 is 0 Å². The van der Waals surface area contributed by atoms with Crippen LogP contribution in [0.1, 0.15) is 39.0 Å². The average Bonchev–Trinajstić information content (AvgIpc) is 3.37. The molecular weight excluding hydrogens is 472 g/mol. The van der Waals surface area contributed by atoms with Crippen molar-refractivity contribution in [2.45, 2.75) is 45.1 Å². The lowest BCUT2D eigenvalue weighted by atomic mass is 10.2. The zero-order valence-electron chi connectivity index (χ0n) is 19.7. The quantitative estimate of drug-likeness (QED) is 0.301. The van der Waals surface area contributed by atoms with Gasteiger partial charge in [-0.2, -0.15) is 17.0 Å². The van der Waals surface area contributed by atoms with E-state index < -0.39 is 28.1 Å². The maximum atomic E-state index is 13.4. The van der Waals surface area contributed by atoms with E-state index in [1.54, 1.807) is 24.3 Å². The number of nitrogens with one attached hydrogen (secondary N) is 2. The van der Waals surface area contributed by atoms with Crippen LogP contribution in [0.5, 0.6) is 11.5 Å². The Bertz CT molecular complexity index is 1080. The van der Waals surface area contributed by atoms with Crippen molar-refractivity contribution in [3.63, 3.8) is 0 Å². The number of rotatable bonds is 12. The maximum absolute atomic E-state index is 13.4. The van der Waals surface area contributed by atoms with E-state index >= 15 is 0 Å². The number of unbranched alkanes of at least 4 members (excludes halogenated alkanes) is 1. The highest BCUT2D eigenvalue weighted by Crippen LogP contribution is 2.26. The van der Waals surface area contributed by atoms with Crippen molar-refractivity contribution in [1.29, 1.82) is 0 Å². The van der Waals surface area contributed by atoms with E-state index in [1.807, 2.05) is 37.3 Å². The molecule has 1 saturated heterocycles. The molecule has 0 spiro atoms. The van der Waals surface area contributed by atoms with Crippen molar-refractivity contribution in [1.82, 2.24) is 14.1 Å². The van der Waals surface area contributed by atoms with Crippen molar-refractivity contribution >= 4 is 27.7 Å². The number of anilines is 1. The molecule has 1 aliphatic heterocycles. The van der Waals surface area contributed by atoms with E-state index in [9.17, 15) is 18.0 Å². The second-order valence-electron chi connectivity index (χ2n) is 8.24. The fourth-order valence-corrected chi connectivity index (χ4v) is 5.70. The van der Waals surface area contributed by atoms with Gasteiger partial charge in [0.2, 0.25) is 11.8 Å². The van der Waals surface area contributed by atoms with Gasteiger partial charge in [0, 0.05) is 31.7 Å². The van der Waals surface area contributed by atoms with Gasteiger partial charge in [-0.05, 0) is 55.7 Å². The summed E-state index contributed by atoms with van der Waals surface area (Å²) in [5, 5.41) is 11.5. The number of amides is 2. The molecule has 10 nitrogen and oxygen atoms in total. The molecule has 1 unspecified atom stereocenters. The minimum Gasteiger partial charge on any atom is -0.457 e. The predicted molar refractivity (Wildman–Crippen MR) is 131 cm³/mol. The average molecular weight is 505 g/mol. The summed E-state index contributed by atoms with van der Waals surface area (Å²) >= 11 is 0. The summed E-state index contributed by atoms with van der Waals surface area (Å²) in [4.78, 5) is 24.5. The first kappa shape index (κ1) is 26.6. The zero-order chi connectivity index (χ0) is 25.3. The van der Waals surface area contributed by atoms with Crippen LogP contribution in [0.25, 0.3) is 0 Å². The summed E-state index contributed by atoms with van der Waals surface area (Å²) < 4.78 is 35.0. The monoisotopic (exact) mass is 504 g/mol. The predicted octanol–water partition coefficient (Wildman–Crippen LogP) is 3.12. The Morgan fingerprint density at radius 2 is 1.77 bits per heavy atom. The van der Waals surface area contributed by atoms with Crippen LogP contribution in [-0.2, 0) is 19.8 Å². The third-order valence-electron chi connectivity index (χ3n) is 5.70. The molecule has 2 aromatic carbocycles. The molecule has 0 aromatic heterocycles. The van der Waals surface area contributed by atoms with Crippen molar-refractivity contribution in [2.75, 3.05) is 25.0 Å². The van der Waals surface area contributed by atoms with Crippen LogP contribution in [0.4, 0.5) is 5.69 Å². The Hall–Kier alpha value is -2.99. The van der Waals surface area contributed by atoms with Gasteiger partial charge >= 0.3 is 0 Å². The highest BCUT2D eigenvalue weighted by Gasteiger charge is 2.41. The molecule has 0 saturated carbocycles. The molecular formula is C24H32N4O6S. The molecule has 2 amide bonds. The van der Waals surface area contributed by atoms with Gasteiger partial charge in [-0.1, -0.05) is 31.5 Å². The molecule has 0 aliphatic carbocycles. The number of hydrogen-bond acceptors (Lipinski definition) is 6. The highest BCUT2D eigenvalue weighted by atomic mass is 32.2. The molecule has 0 radical (unpaired) electrons. The number of ether oxygens (including phenoxy) is 1. The van der Waals surface area contributed by atoms with Crippen molar-refractivity contribution in [2.24, 2.45) is 0 Å². The van der Waals surface area contributed by atoms with Crippen molar-refractivity contribution < 1.29 is 28.0 Å². The molecule has 35 heavy (non-hydrogen) atoms. The van der Waals surface area contributed by atoms with E-state index in [0.717, 1.165) is 6.42 Å². The smallest absolute Gasteiger partial charge is 0.282 e. The molecule has 1 heterocycles. The van der Waals surface area contributed by atoms with E-state index in [4.69, 9.17) is 9.94 Å². The van der Waals surface area contributed by atoms with Gasteiger partial charge < -0.3 is 10.1 Å². The summed E-state index contributed by atoms with van der Waals surface area (Å²) in [7, 11) is -3.98. The highest BCUT2D eigenvalue weighted by molar-refractivity contribution is 7.86. The topological polar surface area (TPSA) is 128 Å². The number of nitrogens with zero attached hydrogens (tertiary/aromatic N) is 2. The molecule has 1 fully saturated rings. The Balaban J connectivity index is 1.66. The maximum Gasteiger partial charge on any atom is 0.282 e. The molecule has 2 aromatic rings. The summed E-state index contributed by atoms with van der Waals surface area (Å²) in [6, 6.07) is 15.3. The summed E-state index contributed by atoms with van der Waals surface area (Å²) in [6.45, 7) is 2.31. The number of para-hydroxylation sites is 1. The molecule has 11 heteroatoms. The number of carbonyl (C=O) groups excluding carboxylic acids is 2. The van der Waals surface area contributed by atoms with Crippen LogP contribution in [0, 0.1) is 0 Å². The third kappa shape index (κ3) is 7.25. The van der Waals surface area contributed by atoms with Crippen LogP contribution in [0.15, 0.2) is 54.6 Å². The van der Waals surface area contributed by atoms with E-state index in [-0.39, 0.29) is 26.1 Å². The van der Waals surface area contributed by atoms with Gasteiger partial charge in [-0.15, -0.1) is 0 Å². The Kier molecular flexibility index (Phi) is 9.61. The first-order valence-electron chi connectivity index (χ1n) is 11.7. The Morgan fingerprint density at radius 1 is 1.09 bits per heavy atom. The molecule has 3 rings (SSSR count). The van der Waals surface area contributed by atoms with Crippen LogP contribution in [0.3, 0.4) is 0 Å². The standard InChI is InChI=1S/C24H32N4O6S/c1-2-3-16-27(18-15-23(29)26-31)35(32,33)28-17-7-10-22(28)24(30)25-19-11-13-21(14-12-19)34-20-8-5-4-6-9-20/h4-6,8-9,11-14,22,31H,2-3,7,10,15-18H2,1H3,(H,25,30)(H,26,29). The van der Waals surface area contributed by atoms with Gasteiger partial charge in [0.25, 0.3) is 10.2 Å². The second kappa shape index (κ2) is 12.6. The SMILES string of the molecule is CCCCN(CCC(=O)NO)S(=O)(=O)N1CCCC1C(=O)Nc1ccc(Oc2ccccc2)cc1. The van der Waals surface area contributed by atoms with Gasteiger partial charge in [0.1, 0.15) is 17.5 Å². The normalized spacial score (nSPS) is 16.3. The first-order valence-corrected chi connectivity index (χ1v) is 13.1. The van der Waals surface area contributed by atoms with Gasteiger partial charge in [0.05, 0.1) is 0 Å². The Morgan fingerprint density at radius 3 is 2.43 bits per heavy atom. The van der Waals surface area contributed by atoms with Crippen molar-refractivity contribution in [3.05, 3.63) is 54.6 Å². The molecule has 1 atom stereocenters. The van der Waals surface area contributed by atoms with Crippen LogP contribution < -0.4 is 15.5 Å².